The van der Waals surface area contributed by atoms with E-state index in [9.17, 15) is 13.2 Å². The number of rotatable bonds is 10. The van der Waals surface area contributed by atoms with Crippen LogP contribution in [0.4, 0.5) is 11.4 Å². The number of aryl methyl sites for hydroxylation is 1. The first-order valence-electron chi connectivity index (χ1n) is 10.6. The number of hydrogen-bond donors (Lipinski definition) is 1. The zero-order valence-corrected chi connectivity index (χ0v) is 19.9. The van der Waals surface area contributed by atoms with Crippen LogP contribution in [0.5, 0.6) is 5.75 Å². The minimum absolute atomic E-state index is 0.0838. The molecule has 7 nitrogen and oxygen atoms in total. The molecule has 0 bridgehead atoms. The van der Waals surface area contributed by atoms with Crippen LogP contribution in [-0.4, -0.2) is 48.1 Å². The van der Waals surface area contributed by atoms with Crippen molar-refractivity contribution < 1.29 is 17.9 Å². The first-order chi connectivity index (χ1) is 15.8. The third-order valence-electron chi connectivity index (χ3n) is 5.22. The lowest BCUT2D eigenvalue weighted by molar-refractivity contribution is -0.119. The molecule has 0 aromatic heterocycles. The van der Waals surface area contributed by atoms with E-state index < -0.39 is 10.0 Å². The summed E-state index contributed by atoms with van der Waals surface area (Å²) in [5.41, 5.74) is 2.46. The average Bonchev–Trinajstić information content (AvgIpc) is 2.83. The normalized spacial score (nSPS) is 11.0. The average molecular weight is 468 g/mol. The van der Waals surface area contributed by atoms with Crippen molar-refractivity contribution in [2.75, 3.05) is 43.0 Å². The summed E-state index contributed by atoms with van der Waals surface area (Å²) in [6.07, 6.45) is 0. The first-order valence-corrected chi connectivity index (χ1v) is 12.0. The SMILES string of the molecule is COc1ccc(S(=O)(=O)N(CC(=O)NCCN(C)c2ccccc2)c2ccc(C)cc2)cc1. The zero-order valence-electron chi connectivity index (χ0n) is 19.1. The molecule has 0 aliphatic rings. The van der Waals surface area contributed by atoms with Gasteiger partial charge in [-0.1, -0.05) is 35.9 Å². The number of ether oxygens (including phenoxy) is 1. The summed E-state index contributed by atoms with van der Waals surface area (Å²) < 4.78 is 33.1. The molecule has 0 heterocycles. The maximum absolute atomic E-state index is 13.4. The Bertz CT molecular complexity index is 1150. The number of amides is 1. The quantitative estimate of drug-likeness (QED) is 0.494. The topological polar surface area (TPSA) is 79.0 Å². The van der Waals surface area contributed by atoms with Crippen molar-refractivity contribution in [1.82, 2.24) is 5.32 Å². The summed E-state index contributed by atoms with van der Waals surface area (Å²) in [6.45, 7) is 2.56. The predicted octanol–water partition coefficient (Wildman–Crippen LogP) is 3.45. The van der Waals surface area contributed by atoms with Crippen molar-refractivity contribution in [3.05, 3.63) is 84.4 Å². The van der Waals surface area contributed by atoms with Crippen LogP contribution in [0.3, 0.4) is 0 Å². The molecule has 0 aliphatic heterocycles. The Morgan fingerprint density at radius 2 is 1.55 bits per heavy atom. The Labute approximate surface area is 195 Å². The number of sulfonamides is 1. The maximum Gasteiger partial charge on any atom is 0.264 e. The van der Waals surface area contributed by atoms with Crippen LogP contribution in [-0.2, 0) is 14.8 Å². The minimum Gasteiger partial charge on any atom is -0.497 e. The van der Waals surface area contributed by atoms with Gasteiger partial charge in [-0.3, -0.25) is 9.10 Å². The van der Waals surface area contributed by atoms with Crippen LogP contribution in [0, 0.1) is 6.92 Å². The van der Waals surface area contributed by atoms with Crippen LogP contribution in [0.25, 0.3) is 0 Å². The van der Waals surface area contributed by atoms with Gasteiger partial charge in [0, 0.05) is 25.8 Å². The fourth-order valence-electron chi connectivity index (χ4n) is 3.26. The number of nitrogens with one attached hydrogen (secondary N) is 1. The molecule has 3 aromatic carbocycles. The summed E-state index contributed by atoms with van der Waals surface area (Å²) in [4.78, 5) is 14.8. The van der Waals surface area contributed by atoms with Crippen LogP contribution in [0.15, 0.2) is 83.8 Å². The number of methoxy groups -OCH3 is 1. The summed E-state index contributed by atoms with van der Waals surface area (Å²) >= 11 is 0. The fraction of sp³-hybridized carbons (Fsp3) is 0.240. The molecular weight excluding hydrogens is 438 g/mol. The smallest absolute Gasteiger partial charge is 0.264 e. The number of anilines is 2. The molecule has 174 valence electrons. The lowest BCUT2D eigenvalue weighted by atomic mass is 10.2. The highest BCUT2D eigenvalue weighted by Crippen LogP contribution is 2.25. The van der Waals surface area contributed by atoms with Crippen LogP contribution < -0.4 is 19.3 Å². The van der Waals surface area contributed by atoms with Gasteiger partial charge in [0.25, 0.3) is 10.0 Å². The highest BCUT2D eigenvalue weighted by atomic mass is 32.2. The van der Waals surface area contributed by atoms with Gasteiger partial charge in [0.05, 0.1) is 17.7 Å². The van der Waals surface area contributed by atoms with E-state index in [2.05, 4.69) is 5.32 Å². The van der Waals surface area contributed by atoms with Gasteiger partial charge in [-0.2, -0.15) is 0 Å². The Kier molecular flexibility index (Phi) is 7.95. The second-order valence-corrected chi connectivity index (χ2v) is 9.49. The number of carbonyl (C=O) groups is 1. The predicted molar refractivity (Wildman–Crippen MR) is 131 cm³/mol. The van der Waals surface area contributed by atoms with Gasteiger partial charge in [-0.15, -0.1) is 0 Å². The van der Waals surface area contributed by atoms with E-state index in [1.165, 1.54) is 19.2 Å². The number of benzene rings is 3. The van der Waals surface area contributed by atoms with Gasteiger partial charge >= 0.3 is 0 Å². The Hall–Kier alpha value is -3.52. The molecular formula is C25H29N3O4S. The third kappa shape index (κ3) is 6.26. The molecule has 3 aromatic rings. The minimum atomic E-state index is -3.96. The molecule has 0 aliphatic carbocycles. The second kappa shape index (κ2) is 10.9. The van der Waals surface area contributed by atoms with Gasteiger partial charge in [0.1, 0.15) is 12.3 Å². The third-order valence-corrected chi connectivity index (χ3v) is 7.01. The van der Waals surface area contributed by atoms with Gasteiger partial charge < -0.3 is 15.0 Å². The van der Waals surface area contributed by atoms with E-state index >= 15 is 0 Å². The molecule has 0 saturated heterocycles. The van der Waals surface area contributed by atoms with Gasteiger partial charge in [-0.25, -0.2) is 8.42 Å². The molecule has 0 radical (unpaired) electrons. The van der Waals surface area contributed by atoms with Gasteiger partial charge in [0.15, 0.2) is 0 Å². The Balaban J connectivity index is 1.74. The van der Waals surface area contributed by atoms with E-state index in [-0.39, 0.29) is 17.3 Å². The van der Waals surface area contributed by atoms with E-state index in [0.717, 1.165) is 15.6 Å². The van der Waals surface area contributed by atoms with Crippen molar-refractivity contribution in [2.45, 2.75) is 11.8 Å². The van der Waals surface area contributed by atoms with Crippen LogP contribution >= 0.6 is 0 Å². The molecule has 0 fully saturated rings. The maximum atomic E-state index is 13.4. The molecule has 0 unspecified atom stereocenters. The molecule has 33 heavy (non-hydrogen) atoms. The molecule has 0 saturated carbocycles. The van der Waals surface area contributed by atoms with Gasteiger partial charge in [-0.05, 0) is 55.5 Å². The molecule has 1 amide bonds. The van der Waals surface area contributed by atoms with Crippen molar-refractivity contribution in [3.8, 4) is 5.75 Å². The Morgan fingerprint density at radius 3 is 2.15 bits per heavy atom. The van der Waals surface area contributed by atoms with Crippen molar-refractivity contribution in [3.63, 3.8) is 0 Å². The van der Waals surface area contributed by atoms with E-state index in [4.69, 9.17) is 4.74 Å². The van der Waals surface area contributed by atoms with E-state index in [0.29, 0.717) is 24.5 Å². The van der Waals surface area contributed by atoms with Crippen LogP contribution in [0.1, 0.15) is 5.56 Å². The molecule has 8 heteroatoms. The highest BCUT2D eigenvalue weighted by Gasteiger charge is 2.27. The lowest BCUT2D eigenvalue weighted by Crippen LogP contribution is -2.42. The van der Waals surface area contributed by atoms with Crippen molar-refractivity contribution in [2.24, 2.45) is 0 Å². The van der Waals surface area contributed by atoms with Gasteiger partial charge in [0.2, 0.25) is 5.91 Å². The summed E-state index contributed by atoms with van der Waals surface area (Å²) in [7, 11) is -0.511. The lowest BCUT2D eigenvalue weighted by Gasteiger charge is -2.25. The number of nitrogens with zero attached hydrogens (tertiary/aromatic N) is 2. The fourth-order valence-corrected chi connectivity index (χ4v) is 4.68. The Morgan fingerprint density at radius 1 is 0.909 bits per heavy atom. The highest BCUT2D eigenvalue weighted by molar-refractivity contribution is 7.92. The molecule has 0 spiro atoms. The number of carbonyl (C=O) groups excluding carboxylic acids is 1. The summed E-state index contributed by atoms with van der Waals surface area (Å²) in [6, 6.07) is 23.0. The number of likely N-dealkylation sites (N-methyl/N-ethyl adjacent to an activating group) is 1. The van der Waals surface area contributed by atoms with Crippen molar-refractivity contribution in [1.29, 1.82) is 0 Å². The molecule has 3 rings (SSSR count). The molecule has 1 N–H and O–H groups in total. The zero-order chi connectivity index (χ0) is 23.8. The van der Waals surface area contributed by atoms with E-state index in [1.54, 1.807) is 24.3 Å². The van der Waals surface area contributed by atoms with Crippen LogP contribution in [0.2, 0.25) is 0 Å². The number of hydrogen-bond acceptors (Lipinski definition) is 5. The summed E-state index contributed by atoms with van der Waals surface area (Å²) in [5, 5.41) is 2.83. The number of para-hydroxylation sites is 1. The monoisotopic (exact) mass is 467 g/mol. The molecule has 0 atom stereocenters. The largest absolute Gasteiger partial charge is 0.497 e. The summed E-state index contributed by atoms with van der Waals surface area (Å²) in [5.74, 6) is 0.172. The van der Waals surface area contributed by atoms with Crippen molar-refractivity contribution >= 4 is 27.3 Å². The standard InChI is InChI=1S/C25H29N3O4S/c1-20-9-11-22(12-10-20)28(33(30,31)24-15-13-23(32-3)14-16-24)19-25(29)26-17-18-27(2)21-7-5-4-6-8-21/h4-16H,17-19H2,1-3H3,(H,26,29). The second-order valence-electron chi connectivity index (χ2n) is 7.63. The first kappa shape index (κ1) is 24.1. The van der Waals surface area contributed by atoms with E-state index in [1.807, 2.05) is 61.3 Å².